The minimum atomic E-state index is -0.428. The number of para-hydroxylation sites is 1. The summed E-state index contributed by atoms with van der Waals surface area (Å²) in [5, 5.41) is 13.8. The minimum Gasteiger partial charge on any atom is -0.507 e. The number of carbonyl (C=O) groups excluding carboxylic acids is 1. The van der Waals surface area contributed by atoms with Crippen LogP contribution in [0.3, 0.4) is 0 Å². The fourth-order valence-electron chi connectivity index (χ4n) is 2.20. The molecule has 0 saturated carbocycles. The zero-order valence-corrected chi connectivity index (χ0v) is 11.8. The lowest BCUT2D eigenvalue weighted by Crippen LogP contribution is -2.01. The number of aromatic nitrogens is 2. The molecule has 1 heterocycles. The average molecular weight is 296 g/mol. The maximum Gasteiger partial charge on any atom is 0.199 e. The smallest absolute Gasteiger partial charge is 0.199 e. The number of ketones is 1. The first-order valence-corrected chi connectivity index (χ1v) is 6.70. The van der Waals surface area contributed by atoms with E-state index in [-0.39, 0.29) is 28.3 Å². The maximum atomic E-state index is 13.7. The van der Waals surface area contributed by atoms with Gasteiger partial charge in [0.05, 0.1) is 17.3 Å². The topological polar surface area (TPSA) is 55.1 Å². The van der Waals surface area contributed by atoms with Gasteiger partial charge >= 0.3 is 0 Å². The first-order valence-electron chi connectivity index (χ1n) is 6.70. The molecule has 0 aliphatic rings. The molecular formula is C17H13FN2O2. The largest absolute Gasteiger partial charge is 0.507 e. The van der Waals surface area contributed by atoms with Gasteiger partial charge in [-0.2, -0.15) is 5.10 Å². The van der Waals surface area contributed by atoms with Crippen LogP contribution in [0.2, 0.25) is 0 Å². The zero-order chi connectivity index (χ0) is 15.7. The molecule has 4 nitrogen and oxygen atoms in total. The molecule has 3 rings (SSSR count). The van der Waals surface area contributed by atoms with E-state index in [1.54, 1.807) is 30.3 Å². The second kappa shape index (κ2) is 5.44. The van der Waals surface area contributed by atoms with Crippen molar-refractivity contribution < 1.29 is 14.3 Å². The molecule has 0 amide bonds. The predicted molar refractivity (Wildman–Crippen MR) is 79.8 cm³/mol. The molecule has 1 N–H and O–H groups in total. The van der Waals surface area contributed by atoms with Crippen LogP contribution in [0.15, 0.2) is 54.9 Å². The molecule has 0 radical (unpaired) electrons. The number of aryl methyl sites for hydroxylation is 1. The highest BCUT2D eigenvalue weighted by Crippen LogP contribution is 2.22. The number of carbonyl (C=O) groups is 1. The van der Waals surface area contributed by atoms with Gasteiger partial charge < -0.3 is 5.11 Å². The average Bonchev–Trinajstić information content (AvgIpc) is 2.99. The van der Waals surface area contributed by atoms with E-state index in [2.05, 4.69) is 5.10 Å². The van der Waals surface area contributed by atoms with Crippen LogP contribution in [0.4, 0.5) is 4.39 Å². The van der Waals surface area contributed by atoms with Crippen molar-refractivity contribution in [1.29, 1.82) is 0 Å². The van der Waals surface area contributed by atoms with Crippen LogP contribution in [-0.4, -0.2) is 20.7 Å². The van der Waals surface area contributed by atoms with Crippen molar-refractivity contribution in [3.63, 3.8) is 0 Å². The van der Waals surface area contributed by atoms with Crippen LogP contribution in [0.25, 0.3) is 5.69 Å². The molecular weight excluding hydrogens is 283 g/mol. The van der Waals surface area contributed by atoms with E-state index < -0.39 is 5.82 Å². The van der Waals surface area contributed by atoms with Crippen molar-refractivity contribution >= 4 is 5.78 Å². The fraction of sp³-hybridized carbons (Fsp3) is 0.0588. The van der Waals surface area contributed by atoms with Crippen LogP contribution in [-0.2, 0) is 0 Å². The number of phenols is 1. The molecule has 0 spiro atoms. The van der Waals surface area contributed by atoms with E-state index in [1.165, 1.54) is 29.2 Å². The third-order valence-electron chi connectivity index (χ3n) is 3.34. The van der Waals surface area contributed by atoms with E-state index in [1.807, 2.05) is 6.92 Å². The molecule has 0 aliphatic carbocycles. The Morgan fingerprint density at radius 1 is 1.23 bits per heavy atom. The first kappa shape index (κ1) is 14.0. The summed E-state index contributed by atoms with van der Waals surface area (Å²) in [6.07, 6.45) is 2.80. The number of hydrogen-bond donors (Lipinski definition) is 1. The summed E-state index contributed by atoms with van der Waals surface area (Å²) >= 11 is 0. The Balaban J connectivity index is 1.99. The zero-order valence-electron chi connectivity index (χ0n) is 11.8. The second-order valence-corrected chi connectivity index (χ2v) is 4.97. The molecule has 22 heavy (non-hydrogen) atoms. The molecule has 0 bridgehead atoms. The number of halogens is 1. The van der Waals surface area contributed by atoms with E-state index in [0.29, 0.717) is 0 Å². The molecule has 0 fully saturated rings. The molecule has 110 valence electrons. The highest BCUT2D eigenvalue weighted by atomic mass is 19.1. The van der Waals surface area contributed by atoms with Gasteiger partial charge in [-0.05, 0) is 31.2 Å². The highest BCUT2D eigenvalue weighted by molar-refractivity contribution is 6.10. The Labute approximate surface area is 126 Å². The lowest BCUT2D eigenvalue weighted by molar-refractivity contribution is 0.103. The van der Waals surface area contributed by atoms with Gasteiger partial charge in [0.15, 0.2) is 5.78 Å². The number of aromatic hydroxyl groups is 1. The normalized spacial score (nSPS) is 10.6. The molecule has 1 aromatic heterocycles. The molecule has 0 saturated heterocycles. The number of phenolic OH excluding ortho intramolecular Hbond substituents is 1. The van der Waals surface area contributed by atoms with Crippen molar-refractivity contribution in [2.75, 3.05) is 0 Å². The van der Waals surface area contributed by atoms with Crippen molar-refractivity contribution in [2.45, 2.75) is 6.92 Å². The Morgan fingerprint density at radius 3 is 2.77 bits per heavy atom. The van der Waals surface area contributed by atoms with Gasteiger partial charge in [-0.3, -0.25) is 4.79 Å². The second-order valence-electron chi connectivity index (χ2n) is 4.97. The van der Waals surface area contributed by atoms with E-state index in [9.17, 15) is 14.3 Å². The first-order chi connectivity index (χ1) is 10.6. The molecule has 0 aliphatic heterocycles. The van der Waals surface area contributed by atoms with Crippen molar-refractivity contribution in [3.8, 4) is 11.4 Å². The van der Waals surface area contributed by atoms with Crippen LogP contribution < -0.4 is 0 Å². The fourth-order valence-corrected chi connectivity index (χ4v) is 2.20. The number of hydrogen-bond acceptors (Lipinski definition) is 3. The molecule has 5 heteroatoms. The van der Waals surface area contributed by atoms with Crippen molar-refractivity contribution in [2.24, 2.45) is 0 Å². The Hall–Kier alpha value is -2.95. The quantitative estimate of drug-likeness (QED) is 0.755. The lowest BCUT2D eigenvalue weighted by Gasteiger charge is -2.03. The van der Waals surface area contributed by atoms with Gasteiger partial charge in [0.1, 0.15) is 17.3 Å². The number of nitrogens with zero attached hydrogens (tertiary/aromatic N) is 2. The maximum absolute atomic E-state index is 13.7. The van der Waals surface area contributed by atoms with Gasteiger partial charge in [0.2, 0.25) is 0 Å². The third-order valence-corrected chi connectivity index (χ3v) is 3.34. The Morgan fingerprint density at radius 2 is 2.00 bits per heavy atom. The standard InChI is InChI=1S/C17H13FN2O2/c1-11-6-7-16(21)13(8-11)17(22)12-9-19-20(10-12)15-5-3-2-4-14(15)18/h2-10,21H,1H3. The lowest BCUT2D eigenvalue weighted by atomic mass is 10.0. The SMILES string of the molecule is Cc1ccc(O)c(C(=O)c2cnn(-c3ccccc3F)c2)c1. The summed E-state index contributed by atoms with van der Waals surface area (Å²) in [5.74, 6) is -0.874. The van der Waals surface area contributed by atoms with Crippen LogP contribution in [0.5, 0.6) is 5.75 Å². The van der Waals surface area contributed by atoms with Gasteiger partial charge in [-0.15, -0.1) is 0 Å². The predicted octanol–water partition coefficient (Wildman–Crippen LogP) is 3.26. The van der Waals surface area contributed by atoms with Gasteiger partial charge in [0.25, 0.3) is 0 Å². The number of rotatable bonds is 3. The Kier molecular flexibility index (Phi) is 3.47. The van der Waals surface area contributed by atoms with Crippen LogP contribution in [0, 0.1) is 12.7 Å². The molecule has 0 atom stereocenters. The summed E-state index contributed by atoms with van der Waals surface area (Å²) in [7, 11) is 0. The van der Waals surface area contributed by atoms with E-state index >= 15 is 0 Å². The van der Waals surface area contributed by atoms with E-state index in [0.717, 1.165) is 5.56 Å². The molecule has 0 unspecified atom stereocenters. The van der Waals surface area contributed by atoms with Crippen LogP contribution in [0.1, 0.15) is 21.5 Å². The Bertz CT molecular complexity index is 855. The summed E-state index contributed by atoms with van der Waals surface area (Å²) in [4.78, 5) is 12.4. The van der Waals surface area contributed by atoms with Crippen molar-refractivity contribution in [1.82, 2.24) is 9.78 Å². The summed E-state index contributed by atoms with van der Waals surface area (Å²) < 4.78 is 15.0. The van der Waals surface area contributed by atoms with Gasteiger partial charge in [-0.1, -0.05) is 23.8 Å². The van der Waals surface area contributed by atoms with Gasteiger partial charge in [0, 0.05) is 6.20 Å². The highest BCUT2D eigenvalue weighted by Gasteiger charge is 2.16. The monoisotopic (exact) mass is 296 g/mol. The summed E-state index contributed by atoms with van der Waals surface area (Å²) in [6.45, 7) is 1.83. The summed E-state index contributed by atoms with van der Waals surface area (Å²) in [5.41, 5.74) is 1.61. The molecule has 3 aromatic rings. The van der Waals surface area contributed by atoms with Crippen LogP contribution >= 0.6 is 0 Å². The molecule has 2 aromatic carbocycles. The minimum absolute atomic E-state index is 0.0887. The van der Waals surface area contributed by atoms with Crippen molar-refractivity contribution in [3.05, 3.63) is 77.4 Å². The van der Waals surface area contributed by atoms with E-state index in [4.69, 9.17) is 0 Å². The third kappa shape index (κ3) is 2.48. The summed E-state index contributed by atoms with van der Waals surface area (Å²) in [6, 6.07) is 11.0. The number of benzene rings is 2. The van der Waals surface area contributed by atoms with Gasteiger partial charge in [-0.25, -0.2) is 9.07 Å².